The van der Waals surface area contributed by atoms with Crippen molar-refractivity contribution in [1.82, 2.24) is 4.98 Å². The number of aromatic nitrogens is 1. The summed E-state index contributed by atoms with van der Waals surface area (Å²) in [7, 11) is -4.34. The van der Waals surface area contributed by atoms with Crippen LogP contribution in [0, 0.1) is 23.3 Å². The van der Waals surface area contributed by atoms with Gasteiger partial charge >= 0.3 is 0 Å². The van der Waals surface area contributed by atoms with Gasteiger partial charge in [-0.2, -0.15) is 0 Å². The van der Waals surface area contributed by atoms with Gasteiger partial charge in [0.25, 0.3) is 0 Å². The Balaban J connectivity index is 2.00. The number of rotatable bonds is 3. The molecule has 0 saturated carbocycles. The van der Waals surface area contributed by atoms with Crippen molar-refractivity contribution in [3.63, 3.8) is 0 Å². The molecule has 0 aliphatic heterocycles. The minimum atomic E-state index is -4.34. The summed E-state index contributed by atoms with van der Waals surface area (Å²) in [4.78, 5) is 3.53. The van der Waals surface area contributed by atoms with Crippen molar-refractivity contribution in [1.29, 1.82) is 0 Å². The van der Waals surface area contributed by atoms with E-state index in [0.717, 1.165) is 12.1 Å². The van der Waals surface area contributed by atoms with E-state index in [4.69, 9.17) is 0 Å². The molecule has 3 aromatic carbocycles. The maximum absolute atomic E-state index is 13.7. The van der Waals surface area contributed by atoms with Gasteiger partial charge in [-0.3, -0.25) is 0 Å². The van der Waals surface area contributed by atoms with Crippen molar-refractivity contribution in [3.05, 3.63) is 90.0 Å². The second kappa shape index (κ2) is 6.97. The highest BCUT2D eigenvalue weighted by molar-refractivity contribution is 7.91. The average Bonchev–Trinajstić information content (AvgIpc) is 2.69. The third-order valence-corrected chi connectivity index (χ3v) is 6.01. The van der Waals surface area contributed by atoms with Crippen molar-refractivity contribution >= 4 is 20.7 Å². The van der Waals surface area contributed by atoms with Crippen LogP contribution in [0.5, 0.6) is 0 Å². The van der Waals surface area contributed by atoms with E-state index in [1.54, 1.807) is 0 Å². The van der Waals surface area contributed by atoms with Gasteiger partial charge in [0.15, 0.2) is 16.7 Å². The largest absolute Gasteiger partial charge is 0.236 e. The van der Waals surface area contributed by atoms with E-state index in [1.807, 2.05) is 0 Å². The number of fused-ring (bicyclic) bond motifs is 1. The molecule has 0 unspecified atom stereocenters. The fourth-order valence-corrected chi connectivity index (χ4v) is 4.19. The minimum Gasteiger partial charge on any atom is -0.236 e. The molecule has 1 aromatic heterocycles. The summed E-state index contributed by atoms with van der Waals surface area (Å²) in [6.45, 7) is 0. The summed E-state index contributed by atoms with van der Waals surface area (Å²) in [5, 5.41) is -0.0248. The number of benzene rings is 3. The van der Waals surface area contributed by atoms with Gasteiger partial charge in [-0.1, -0.05) is 12.1 Å². The lowest BCUT2D eigenvalue weighted by Crippen LogP contribution is -2.06. The molecule has 4 rings (SSSR count). The van der Waals surface area contributed by atoms with Crippen LogP contribution in [0.4, 0.5) is 17.6 Å². The van der Waals surface area contributed by atoms with Crippen LogP contribution in [-0.4, -0.2) is 13.4 Å². The molecule has 0 fully saturated rings. The third kappa shape index (κ3) is 3.47. The van der Waals surface area contributed by atoms with Crippen molar-refractivity contribution in [2.75, 3.05) is 0 Å². The zero-order valence-corrected chi connectivity index (χ0v) is 15.4. The molecule has 0 radical (unpaired) electrons. The summed E-state index contributed by atoms with van der Waals surface area (Å²) >= 11 is 0. The standard InChI is InChI=1S/C21H11F4NO2S/c22-13-3-1-12(2-4-13)17-11-21(26-20-9-14(23)5-7-16(17)20)29(27,28)15-6-8-18(24)19(25)10-15/h1-11H. The van der Waals surface area contributed by atoms with Crippen molar-refractivity contribution < 1.29 is 26.0 Å². The molecule has 8 heteroatoms. The molecule has 0 atom stereocenters. The maximum atomic E-state index is 13.7. The van der Waals surface area contributed by atoms with Crippen LogP contribution in [0.1, 0.15) is 0 Å². The number of pyridine rings is 1. The van der Waals surface area contributed by atoms with Crippen LogP contribution < -0.4 is 0 Å². The van der Waals surface area contributed by atoms with Gasteiger partial charge in [0.1, 0.15) is 11.6 Å². The fraction of sp³-hybridized carbons (Fsp3) is 0. The summed E-state index contributed by atoms with van der Waals surface area (Å²) in [6, 6.07) is 12.4. The van der Waals surface area contributed by atoms with Gasteiger partial charge < -0.3 is 0 Å². The predicted octanol–water partition coefficient (Wildman–Crippen LogP) is 5.29. The molecule has 29 heavy (non-hydrogen) atoms. The second-order valence-corrected chi connectivity index (χ2v) is 8.15. The van der Waals surface area contributed by atoms with Crippen molar-refractivity contribution in [3.8, 4) is 11.1 Å². The van der Waals surface area contributed by atoms with Gasteiger partial charge in [0.2, 0.25) is 9.84 Å². The topological polar surface area (TPSA) is 47.0 Å². The van der Waals surface area contributed by atoms with E-state index in [-0.39, 0.29) is 5.52 Å². The Morgan fingerprint density at radius 1 is 0.690 bits per heavy atom. The smallest absolute Gasteiger partial charge is 0.223 e. The third-order valence-electron chi connectivity index (χ3n) is 4.38. The molecule has 0 aliphatic rings. The Morgan fingerprint density at radius 2 is 1.38 bits per heavy atom. The molecule has 0 spiro atoms. The number of hydrogen-bond acceptors (Lipinski definition) is 3. The first-order valence-electron chi connectivity index (χ1n) is 8.32. The molecular weight excluding hydrogens is 406 g/mol. The van der Waals surface area contributed by atoms with E-state index in [0.29, 0.717) is 28.6 Å². The van der Waals surface area contributed by atoms with Crippen LogP contribution in [-0.2, 0) is 9.84 Å². The molecule has 0 bridgehead atoms. The number of halogens is 4. The fourth-order valence-electron chi connectivity index (χ4n) is 2.95. The monoisotopic (exact) mass is 417 g/mol. The molecule has 3 nitrogen and oxygen atoms in total. The predicted molar refractivity (Wildman–Crippen MR) is 98.9 cm³/mol. The van der Waals surface area contributed by atoms with Gasteiger partial charge in [-0.15, -0.1) is 0 Å². The first-order chi connectivity index (χ1) is 13.8. The Labute approximate surface area is 163 Å². The van der Waals surface area contributed by atoms with Crippen molar-refractivity contribution in [2.24, 2.45) is 0 Å². The molecular formula is C21H11F4NO2S. The molecule has 0 N–H and O–H groups in total. The Bertz CT molecular complexity index is 1350. The zero-order chi connectivity index (χ0) is 20.8. The highest BCUT2D eigenvalue weighted by atomic mass is 32.2. The minimum absolute atomic E-state index is 0.0491. The van der Waals surface area contributed by atoms with E-state index < -0.39 is 43.0 Å². The van der Waals surface area contributed by atoms with Gasteiger partial charge in [0, 0.05) is 11.5 Å². The number of hydrogen-bond donors (Lipinski definition) is 0. The second-order valence-electron chi connectivity index (χ2n) is 6.26. The van der Waals surface area contributed by atoms with Gasteiger partial charge in [0.05, 0.1) is 10.4 Å². The van der Waals surface area contributed by atoms with E-state index in [9.17, 15) is 26.0 Å². The van der Waals surface area contributed by atoms with Crippen LogP contribution in [0.2, 0.25) is 0 Å². The lowest BCUT2D eigenvalue weighted by atomic mass is 10.0. The molecule has 4 aromatic rings. The molecule has 146 valence electrons. The molecule has 0 aliphatic carbocycles. The normalized spacial score (nSPS) is 11.7. The quantitative estimate of drug-likeness (QED) is 0.336. The molecule has 0 amide bonds. The maximum Gasteiger partial charge on any atom is 0.223 e. The lowest BCUT2D eigenvalue weighted by Gasteiger charge is -2.11. The van der Waals surface area contributed by atoms with Crippen LogP contribution in [0.3, 0.4) is 0 Å². The Hall–Kier alpha value is -3.26. The highest BCUT2D eigenvalue weighted by Crippen LogP contribution is 2.32. The van der Waals surface area contributed by atoms with E-state index in [1.165, 1.54) is 42.5 Å². The van der Waals surface area contributed by atoms with Crippen LogP contribution in [0.25, 0.3) is 22.0 Å². The average molecular weight is 417 g/mol. The van der Waals surface area contributed by atoms with E-state index in [2.05, 4.69) is 4.98 Å². The Morgan fingerprint density at radius 3 is 2.07 bits per heavy atom. The molecule has 1 heterocycles. The number of sulfone groups is 1. The summed E-state index contributed by atoms with van der Waals surface area (Å²) in [6.07, 6.45) is 0. The highest BCUT2D eigenvalue weighted by Gasteiger charge is 2.23. The lowest BCUT2D eigenvalue weighted by molar-refractivity contribution is 0.504. The van der Waals surface area contributed by atoms with Crippen LogP contribution >= 0.6 is 0 Å². The van der Waals surface area contributed by atoms with Gasteiger partial charge in [-0.25, -0.2) is 31.0 Å². The van der Waals surface area contributed by atoms with Gasteiger partial charge in [-0.05, 0) is 59.7 Å². The summed E-state index contributed by atoms with van der Waals surface area (Å²) in [5.74, 6) is -3.62. The SMILES string of the molecule is O=S(=O)(c1ccc(F)c(F)c1)c1cc(-c2ccc(F)cc2)c2ccc(F)cc2n1. The summed E-state index contributed by atoms with van der Waals surface area (Å²) in [5.41, 5.74) is 0.899. The first kappa shape index (κ1) is 19.1. The summed E-state index contributed by atoms with van der Waals surface area (Å²) < 4.78 is 79.7. The zero-order valence-electron chi connectivity index (χ0n) is 14.5. The van der Waals surface area contributed by atoms with Crippen LogP contribution in [0.15, 0.2) is 76.7 Å². The molecule has 0 saturated heterocycles. The Kier molecular flexibility index (Phi) is 4.58. The number of nitrogens with zero attached hydrogens (tertiary/aromatic N) is 1. The van der Waals surface area contributed by atoms with Crippen molar-refractivity contribution in [2.45, 2.75) is 9.92 Å². The van der Waals surface area contributed by atoms with E-state index >= 15 is 0 Å². The first-order valence-corrected chi connectivity index (χ1v) is 9.80.